The van der Waals surface area contributed by atoms with Crippen LogP contribution in [-0.4, -0.2) is 25.3 Å². The van der Waals surface area contributed by atoms with Gasteiger partial charge in [-0.1, -0.05) is 6.42 Å². The molecule has 0 amide bonds. The molecule has 118 valence electrons. The van der Waals surface area contributed by atoms with Crippen LogP contribution in [0.5, 0.6) is 11.5 Å². The molecule has 0 aromatic heterocycles. The van der Waals surface area contributed by atoms with Gasteiger partial charge in [0.05, 0.1) is 19.6 Å². The van der Waals surface area contributed by atoms with Gasteiger partial charge >= 0.3 is 5.97 Å². The molecular formula is C18H22O4. The number of fused-ring (bicyclic) bond motifs is 5. The topological polar surface area (TPSA) is 55.8 Å². The molecule has 1 aromatic rings. The number of rotatable bonds is 4. The third-order valence-corrected chi connectivity index (χ3v) is 6.13. The second kappa shape index (κ2) is 4.64. The number of hydrogen-bond acceptors (Lipinski definition) is 3. The third kappa shape index (κ3) is 1.56. The van der Waals surface area contributed by atoms with Crippen molar-refractivity contribution in [3.05, 3.63) is 22.8 Å². The maximum absolute atomic E-state index is 11.9. The van der Waals surface area contributed by atoms with Gasteiger partial charge in [0.2, 0.25) is 0 Å². The smallest absolute Gasteiger partial charge is 0.314 e. The molecule has 0 saturated heterocycles. The maximum Gasteiger partial charge on any atom is 0.314 e. The molecule has 0 spiro atoms. The summed E-state index contributed by atoms with van der Waals surface area (Å²) in [5.41, 5.74) is 2.56. The quantitative estimate of drug-likeness (QED) is 0.923. The van der Waals surface area contributed by atoms with Crippen molar-refractivity contribution < 1.29 is 19.4 Å². The lowest BCUT2D eigenvalue weighted by molar-refractivity contribution is -0.147. The summed E-state index contributed by atoms with van der Waals surface area (Å²) in [6.45, 7) is 0. The summed E-state index contributed by atoms with van der Waals surface area (Å²) < 4.78 is 11.4. The molecule has 4 rings (SSSR count). The van der Waals surface area contributed by atoms with E-state index < -0.39 is 11.4 Å². The number of carbonyl (C=O) groups is 1. The van der Waals surface area contributed by atoms with E-state index in [4.69, 9.17) is 9.47 Å². The van der Waals surface area contributed by atoms with Crippen LogP contribution in [0.25, 0.3) is 0 Å². The standard InChI is InChI=1S/C18H22O4/c1-21-13-9-12(18(17(19)20)6-3-7-18)16(22-2)15-11-5-4-10(8-11)14(13)15/h9-11H,3-8H2,1-2H3,(H,19,20). The van der Waals surface area contributed by atoms with E-state index >= 15 is 0 Å². The van der Waals surface area contributed by atoms with Gasteiger partial charge in [-0.05, 0) is 50.0 Å². The Balaban J connectivity index is 1.97. The number of hydrogen-bond donors (Lipinski definition) is 1. The molecule has 2 bridgehead atoms. The molecule has 0 heterocycles. The summed E-state index contributed by atoms with van der Waals surface area (Å²) >= 11 is 0. The summed E-state index contributed by atoms with van der Waals surface area (Å²) in [5.74, 6) is 2.02. The molecule has 4 nitrogen and oxygen atoms in total. The molecule has 0 aliphatic heterocycles. The van der Waals surface area contributed by atoms with Crippen molar-refractivity contribution in [1.29, 1.82) is 0 Å². The lowest BCUT2D eigenvalue weighted by Gasteiger charge is -2.40. The highest BCUT2D eigenvalue weighted by atomic mass is 16.5. The number of aliphatic carboxylic acids is 1. The van der Waals surface area contributed by atoms with E-state index in [9.17, 15) is 9.90 Å². The van der Waals surface area contributed by atoms with Crippen LogP contribution in [0.4, 0.5) is 0 Å². The molecule has 2 unspecified atom stereocenters. The molecule has 2 fully saturated rings. The van der Waals surface area contributed by atoms with Crippen molar-refractivity contribution in [1.82, 2.24) is 0 Å². The Kier molecular flexibility index (Phi) is 2.94. The Hall–Kier alpha value is -1.71. The van der Waals surface area contributed by atoms with Gasteiger partial charge in [-0.3, -0.25) is 4.79 Å². The predicted octanol–water partition coefficient (Wildman–Crippen LogP) is 3.57. The van der Waals surface area contributed by atoms with Crippen molar-refractivity contribution in [3.8, 4) is 11.5 Å². The second-order valence-corrected chi connectivity index (χ2v) is 6.93. The minimum Gasteiger partial charge on any atom is -0.496 e. The highest BCUT2D eigenvalue weighted by Gasteiger charge is 2.51. The number of ether oxygens (including phenoxy) is 2. The van der Waals surface area contributed by atoms with E-state index in [1.54, 1.807) is 14.2 Å². The van der Waals surface area contributed by atoms with Crippen molar-refractivity contribution in [2.45, 2.75) is 55.8 Å². The molecule has 1 N–H and O–H groups in total. The average molecular weight is 302 g/mol. The molecular weight excluding hydrogens is 280 g/mol. The molecule has 3 aliphatic carbocycles. The summed E-state index contributed by atoms with van der Waals surface area (Å²) in [6, 6.07) is 1.95. The lowest BCUT2D eigenvalue weighted by atomic mass is 9.63. The first-order chi connectivity index (χ1) is 10.6. The normalized spacial score (nSPS) is 27.2. The molecule has 1 aromatic carbocycles. The van der Waals surface area contributed by atoms with E-state index in [1.807, 2.05) is 6.07 Å². The summed E-state index contributed by atoms with van der Waals surface area (Å²) in [6.07, 6.45) is 5.89. The first-order valence-electron chi connectivity index (χ1n) is 8.15. The minimum atomic E-state index is -0.782. The van der Waals surface area contributed by atoms with Gasteiger partial charge in [-0.2, -0.15) is 0 Å². The third-order valence-electron chi connectivity index (χ3n) is 6.13. The van der Waals surface area contributed by atoms with Crippen molar-refractivity contribution in [2.75, 3.05) is 14.2 Å². The van der Waals surface area contributed by atoms with Crippen LogP contribution in [0.1, 0.15) is 67.1 Å². The van der Waals surface area contributed by atoms with Crippen molar-refractivity contribution >= 4 is 5.97 Å². The Morgan fingerprint density at radius 2 is 1.86 bits per heavy atom. The van der Waals surface area contributed by atoms with Gasteiger partial charge in [0.25, 0.3) is 0 Å². The summed E-state index contributed by atoms with van der Waals surface area (Å²) in [7, 11) is 3.36. The van der Waals surface area contributed by atoms with E-state index in [0.717, 1.165) is 29.9 Å². The van der Waals surface area contributed by atoms with Crippen LogP contribution in [0.15, 0.2) is 6.07 Å². The molecule has 2 atom stereocenters. The van der Waals surface area contributed by atoms with Gasteiger partial charge in [0.1, 0.15) is 11.5 Å². The zero-order chi connectivity index (χ0) is 15.5. The van der Waals surface area contributed by atoms with E-state index in [2.05, 4.69) is 0 Å². The van der Waals surface area contributed by atoms with Crippen LogP contribution in [0.3, 0.4) is 0 Å². The van der Waals surface area contributed by atoms with Crippen molar-refractivity contribution in [3.63, 3.8) is 0 Å². The minimum absolute atomic E-state index is 0.509. The van der Waals surface area contributed by atoms with Crippen LogP contribution in [0, 0.1) is 0 Å². The number of methoxy groups -OCH3 is 2. The average Bonchev–Trinajstić information content (AvgIpc) is 3.06. The van der Waals surface area contributed by atoms with Gasteiger partial charge < -0.3 is 14.6 Å². The Morgan fingerprint density at radius 3 is 2.36 bits per heavy atom. The first-order valence-corrected chi connectivity index (χ1v) is 8.15. The largest absolute Gasteiger partial charge is 0.496 e. The second-order valence-electron chi connectivity index (χ2n) is 6.93. The fourth-order valence-electron chi connectivity index (χ4n) is 4.88. The zero-order valence-corrected chi connectivity index (χ0v) is 13.1. The number of carboxylic acid groups (broad SMARTS) is 1. The van der Waals surface area contributed by atoms with Crippen LogP contribution in [0.2, 0.25) is 0 Å². The van der Waals surface area contributed by atoms with Crippen LogP contribution < -0.4 is 9.47 Å². The number of carboxylic acids is 1. The lowest BCUT2D eigenvalue weighted by Crippen LogP contribution is -2.42. The van der Waals surface area contributed by atoms with Gasteiger partial charge in [-0.15, -0.1) is 0 Å². The van der Waals surface area contributed by atoms with Gasteiger partial charge in [-0.25, -0.2) is 0 Å². The zero-order valence-electron chi connectivity index (χ0n) is 13.1. The summed E-state index contributed by atoms with van der Waals surface area (Å²) in [4.78, 5) is 11.9. The molecule has 0 radical (unpaired) electrons. The first kappa shape index (κ1) is 13.9. The number of benzene rings is 1. The fraction of sp³-hybridized carbons (Fsp3) is 0.611. The Labute approximate surface area is 130 Å². The molecule has 3 aliphatic rings. The Morgan fingerprint density at radius 1 is 1.18 bits per heavy atom. The van der Waals surface area contributed by atoms with Crippen molar-refractivity contribution in [2.24, 2.45) is 0 Å². The van der Waals surface area contributed by atoms with Crippen LogP contribution >= 0.6 is 0 Å². The molecule has 22 heavy (non-hydrogen) atoms. The maximum atomic E-state index is 11.9. The van der Waals surface area contributed by atoms with E-state index in [1.165, 1.54) is 24.0 Å². The fourth-order valence-corrected chi connectivity index (χ4v) is 4.88. The predicted molar refractivity (Wildman–Crippen MR) is 82.0 cm³/mol. The highest BCUT2D eigenvalue weighted by molar-refractivity contribution is 5.85. The summed E-state index contributed by atoms with van der Waals surface area (Å²) in [5, 5.41) is 9.80. The molecule has 4 heteroatoms. The monoisotopic (exact) mass is 302 g/mol. The molecule has 2 saturated carbocycles. The van der Waals surface area contributed by atoms with Gasteiger partial charge in [0.15, 0.2) is 0 Å². The Bertz CT molecular complexity index is 645. The SMILES string of the molecule is COc1cc(C2(C(=O)O)CCC2)c(OC)c2c1C1CCC2C1. The van der Waals surface area contributed by atoms with E-state index in [-0.39, 0.29) is 0 Å². The highest BCUT2D eigenvalue weighted by Crippen LogP contribution is 2.61. The van der Waals surface area contributed by atoms with E-state index in [0.29, 0.717) is 24.7 Å². The van der Waals surface area contributed by atoms with Crippen LogP contribution in [-0.2, 0) is 10.2 Å². The van der Waals surface area contributed by atoms with Gasteiger partial charge in [0, 0.05) is 16.7 Å².